The summed E-state index contributed by atoms with van der Waals surface area (Å²) < 4.78 is 25.9. The van der Waals surface area contributed by atoms with Gasteiger partial charge in [0.05, 0.1) is 23.2 Å². The van der Waals surface area contributed by atoms with Crippen LogP contribution in [0.3, 0.4) is 0 Å². The second-order valence-corrected chi connectivity index (χ2v) is 9.93. The molecule has 2 rings (SSSR count). The predicted octanol–water partition coefficient (Wildman–Crippen LogP) is 3.97. The first-order valence-corrected chi connectivity index (χ1v) is 12.1. The zero-order chi connectivity index (χ0) is 23.2. The molecule has 0 fully saturated rings. The van der Waals surface area contributed by atoms with Gasteiger partial charge in [-0.25, -0.2) is 8.42 Å². The molecule has 0 aromatic heterocycles. The van der Waals surface area contributed by atoms with Gasteiger partial charge in [0.15, 0.2) is 0 Å². The number of anilines is 2. The molecule has 0 atom stereocenters. The van der Waals surface area contributed by atoms with Crippen molar-refractivity contribution in [2.75, 3.05) is 22.4 Å². The number of amides is 2. The summed E-state index contributed by atoms with van der Waals surface area (Å²) in [7, 11) is -3.55. The number of rotatable bonds is 9. The van der Waals surface area contributed by atoms with Crippen LogP contribution in [0.2, 0.25) is 5.02 Å². The number of hydrogen-bond donors (Lipinski definition) is 2. The van der Waals surface area contributed by atoms with Gasteiger partial charge in [-0.3, -0.25) is 13.9 Å². The standard InChI is InChI=1S/C22H28ClN3O4S/c1-15(2)24-22(28)18-8-5-6-9-19(18)25-21(27)10-7-13-26(31(4,29)30)20-14-17(23)12-11-16(20)3/h5-6,8-9,11-12,14-15H,7,10,13H2,1-4H3,(H,24,28)(H,25,27). The SMILES string of the molecule is Cc1ccc(Cl)cc1N(CCCC(=O)Nc1ccccc1C(=O)NC(C)C)S(C)(=O)=O. The maximum atomic E-state index is 12.5. The Labute approximate surface area is 188 Å². The molecule has 0 aliphatic rings. The minimum Gasteiger partial charge on any atom is -0.350 e. The van der Waals surface area contributed by atoms with Gasteiger partial charge in [0, 0.05) is 24.0 Å². The highest BCUT2D eigenvalue weighted by Crippen LogP contribution is 2.26. The molecule has 31 heavy (non-hydrogen) atoms. The molecule has 7 nitrogen and oxygen atoms in total. The van der Waals surface area contributed by atoms with Gasteiger partial charge in [-0.1, -0.05) is 29.8 Å². The van der Waals surface area contributed by atoms with Crippen molar-refractivity contribution in [3.8, 4) is 0 Å². The lowest BCUT2D eigenvalue weighted by Crippen LogP contribution is -2.32. The molecule has 0 radical (unpaired) electrons. The Hall–Kier alpha value is -2.58. The number of para-hydroxylation sites is 1. The molecule has 2 N–H and O–H groups in total. The molecule has 0 saturated carbocycles. The summed E-state index contributed by atoms with van der Waals surface area (Å²) in [5.74, 6) is -0.577. The van der Waals surface area contributed by atoms with E-state index in [0.717, 1.165) is 11.8 Å². The van der Waals surface area contributed by atoms with E-state index in [0.29, 0.717) is 28.4 Å². The van der Waals surface area contributed by atoms with Crippen molar-refractivity contribution in [3.05, 3.63) is 58.6 Å². The van der Waals surface area contributed by atoms with E-state index in [1.54, 1.807) is 49.4 Å². The van der Waals surface area contributed by atoms with Crippen LogP contribution in [-0.2, 0) is 14.8 Å². The number of halogens is 1. The molecule has 0 aliphatic carbocycles. The number of aryl methyl sites for hydroxylation is 1. The highest BCUT2D eigenvalue weighted by molar-refractivity contribution is 7.92. The summed E-state index contributed by atoms with van der Waals surface area (Å²) in [6.45, 7) is 5.64. The van der Waals surface area contributed by atoms with Crippen molar-refractivity contribution in [2.24, 2.45) is 0 Å². The average molecular weight is 466 g/mol. The van der Waals surface area contributed by atoms with Gasteiger partial charge in [0.1, 0.15) is 0 Å². The summed E-state index contributed by atoms with van der Waals surface area (Å²) >= 11 is 6.04. The molecule has 0 saturated heterocycles. The lowest BCUT2D eigenvalue weighted by Gasteiger charge is -2.24. The Morgan fingerprint density at radius 2 is 1.81 bits per heavy atom. The fraction of sp³-hybridized carbons (Fsp3) is 0.364. The number of sulfonamides is 1. The van der Waals surface area contributed by atoms with Gasteiger partial charge >= 0.3 is 0 Å². The van der Waals surface area contributed by atoms with Crippen molar-refractivity contribution in [1.29, 1.82) is 0 Å². The van der Waals surface area contributed by atoms with Gasteiger partial charge in [-0.2, -0.15) is 0 Å². The highest BCUT2D eigenvalue weighted by atomic mass is 35.5. The van der Waals surface area contributed by atoms with Crippen molar-refractivity contribution < 1.29 is 18.0 Å². The van der Waals surface area contributed by atoms with E-state index in [4.69, 9.17) is 11.6 Å². The van der Waals surface area contributed by atoms with E-state index in [-0.39, 0.29) is 30.8 Å². The monoisotopic (exact) mass is 465 g/mol. The Balaban J connectivity index is 2.06. The third-order valence-electron chi connectivity index (χ3n) is 4.47. The summed E-state index contributed by atoms with van der Waals surface area (Å²) in [5.41, 5.74) is 2.05. The summed E-state index contributed by atoms with van der Waals surface area (Å²) in [6.07, 6.45) is 1.51. The number of carbonyl (C=O) groups excluding carboxylic acids is 2. The number of benzene rings is 2. The van der Waals surface area contributed by atoms with E-state index in [9.17, 15) is 18.0 Å². The number of hydrogen-bond acceptors (Lipinski definition) is 4. The molecule has 2 aromatic rings. The topological polar surface area (TPSA) is 95.6 Å². The van der Waals surface area contributed by atoms with Gasteiger partial charge in [-0.15, -0.1) is 0 Å². The zero-order valence-corrected chi connectivity index (χ0v) is 19.7. The van der Waals surface area contributed by atoms with Crippen LogP contribution < -0.4 is 14.9 Å². The number of nitrogens with one attached hydrogen (secondary N) is 2. The van der Waals surface area contributed by atoms with Crippen molar-refractivity contribution in [2.45, 2.75) is 39.7 Å². The third kappa shape index (κ3) is 7.25. The van der Waals surface area contributed by atoms with Gasteiger partial charge in [0.25, 0.3) is 5.91 Å². The maximum Gasteiger partial charge on any atom is 0.253 e. The van der Waals surface area contributed by atoms with E-state index in [1.807, 2.05) is 13.8 Å². The van der Waals surface area contributed by atoms with Crippen LogP contribution in [0.5, 0.6) is 0 Å². The summed E-state index contributed by atoms with van der Waals surface area (Å²) in [4.78, 5) is 24.8. The van der Waals surface area contributed by atoms with Crippen LogP contribution in [-0.4, -0.2) is 39.1 Å². The maximum absolute atomic E-state index is 12.5. The molecule has 0 spiro atoms. The lowest BCUT2D eigenvalue weighted by atomic mass is 10.1. The highest BCUT2D eigenvalue weighted by Gasteiger charge is 2.20. The van der Waals surface area contributed by atoms with E-state index in [2.05, 4.69) is 10.6 Å². The minimum absolute atomic E-state index is 0.0341. The van der Waals surface area contributed by atoms with Gasteiger partial charge in [-0.05, 0) is 57.0 Å². The number of nitrogens with zero attached hydrogens (tertiary/aromatic N) is 1. The minimum atomic E-state index is -3.55. The van der Waals surface area contributed by atoms with E-state index >= 15 is 0 Å². The predicted molar refractivity (Wildman–Crippen MR) is 125 cm³/mol. The molecular formula is C22H28ClN3O4S. The molecule has 2 aromatic carbocycles. The molecule has 2 amide bonds. The third-order valence-corrected chi connectivity index (χ3v) is 5.89. The van der Waals surface area contributed by atoms with E-state index < -0.39 is 10.0 Å². The number of carbonyl (C=O) groups is 2. The smallest absolute Gasteiger partial charge is 0.253 e. The Kier molecular flexibility index (Phi) is 8.47. The van der Waals surface area contributed by atoms with Crippen LogP contribution in [0, 0.1) is 6.92 Å². The summed E-state index contributed by atoms with van der Waals surface area (Å²) in [6, 6.07) is 11.8. The molecule has 168 valence electrons. The van der Waals surface area contributed by atoms with E-state index in [1.165, 1.54) is 4.31 Å². The molecule has 0 unspecified atom stereocenters. The van der Waals surface area contributed by atoms with Crippen LogP contribution in [0.4, 0.5) is 11.4 Å². The lowest BCUT2D eigenvalue weighted by molar-refractivity contribution is -0.116. The first kappa shape index (κ1) is 24.7. The fourth-order valence-corrected chi connectivity index (χ4v) is 4.22. The first-order chi connectivity index (χ1) is 14.5. The molecule has 9 heteroatoms. The van der Waals surface area contributed by atoms with Crippen LogP contribution in [0.15, 0.2) is 42.5 Å². The van der Waals surface area contributed by atoms with Crippen molar-refractivity contribution in [3.63, 3.8) is 0 Å². The molecule has 0 bridgehead atoms. The second-order valence-electron chi connectivity index (χ2n) is 7.59. The fourth-order valence-electron chi connectivity index (χ4n) is 3.04. The van der Waals surface area contributed by atoms with Gasteiger partial charge < -0.3 is 10.6 Å². The Morgan fingerprint density at radius 3 is 2.45 bits per heavy atom. The summed E-state index contributed by atoms with van der Waals surface area (Å²) in [5, 5.41) is 5.98. The quantitative estimate of drug-likeness (QED) is 0.585. The normalized spacial score (nSPS) is 11.3. The zero-order valence-electron chi connectivity index (χ0n) is 18.1. The molecule has 0 aliphatic heterocycles. The van der Waals surface area contributed by atoms with Crippen LogP contribution in [0.1, 0.15) is 42.6 Å². The first-order valence-electron chi connectivity index (χ1n) is 9.92. The Bertz CT molecular complexity index is 1050. The van der Waals surface area contributed by atoms with Crippen LogP contribution in [0.25, 0.3) is 0 Å². The molecule has 0 heterocycles. The van der Waals surface area contributed by atoms with Crippen molar-refractivity contribution in [1.82, 2.24) is 5.32 Å². The van der Waals surface area contributed by atoms with Crippen molar-refractivity contribution >= 4 is 44.8 Å². The molecular weight excluding hydrogens is 438 g/mol. The average Bonchev–Trinajstić information content (AvgIpc) is 2.66. The largest absolute Gasteiger partial charge is 0.350 e. The second kappa shape index (κ2) is 10.6. The Morgan fingerprint density at radius 1 is 1.13 bits per heavy atom. The van der Waals surface area contributed by atoms with Gasteiger partial charge in [0.2, 0.25) is 15.9 Å². The van der Waals surface area contributed by atoms with Crippen LogP contribution >= 0.6 is 11.6 Å².